The van der Waals surface area contributed by atoms with Gasteiger partial charge in [-0.25, -0.2) is 8.42 Å². The Bertz CT molecular complexity index is 1650. The van der Waals surface area contributed by atoms with Gasteiger partial charge in [0.05, 0.1) is 10.6 Å². The van der Waals surface area contributed by atoms with Gasteiger partial charge in [0, 0.05) is 23.5 Å². The van der Waals surface area contributed by atoms with Crippen molar-refractivity contribution >= 4 is 43.5 Å². The van der Waals surface area contributed by atoms with Crippen molar-refractivity contribution in [3.63, 3.8) is 0 Å². The Labute approximate surface area is 269 Å². The number of hydrogen-bond donors (Lipinski definition) is 1. The van der Waals surface area contributed by atoms with Crippen LogP contribution in [0.25, 0.3) is 0 Å². The number of amides is 2. The number of carbonyl (C=O) groups excluding carboxylic acids is 2. The molecule has 0 fully saturated rings. The number of nitrogens with one attached hydrogen (secondary N) is 1. The van der Waals surface area contributed by atoms with Gasteiger partial charge in [-0.1, -0.05) is 101 Å². The van der Waals surface area contributed by atoms with Crippen LogP contribution in [0, 0.1) is 6.92 Å². The zero-order chi connectivity index (χ0) is 31.7. The van der Waals surface area contributed by atoms with Crippen LogP contribution in [0.1, 0.15) is 37.0 Å². The molecule has 0 aliphatic rings. The van der Waals surface area contributed by atoms with E-state index in [1.54, 1.807) is 30.3 Å². The Kier molecular flexibility index (Phi) is 11.4. The molecule has 0 spiro atoms. The lowest BCUT2D eigenvalue weighted by Gasteiger charge is -2.34. The number of sulfonamides is 1. The normalized spacial score (nSPS) is 12.6. The molecule has 7 nitrogen and oxygen atoms in total. The molecule has 0 unspecified atom stereocenters. The molecule has 0 radical (unpaired) electrons. The highest BCUT2D eigenvalue weighted by Gasteiger charge is 2.35. The van der Waals surface area contributed by atoms with Gasteiger partial charge in [-0.2, -0.15) is 0 Å². The van der Waals surface area contributed by atoms with Gasteiger partial charge in [0.1, 0.15) is 12.6 Å². The second-order valence-electron chi connectivity index (χ2n) is 10.8. The lowest BCUT2D eigenvalue weighted by molar-refractivity contribution is -0.140. The largest absolute Gasteiger partial charge is 0.352 e. The van der Waals surface area contributed by atoms with Gasteiger partial charge in [-0.3, -0.25) is 13.9 Å². The van der Waals surface area contributed by atoms with E-state index in [1.165, 1.54) is 17.0 Å². The number of carbonyl (C=O) groups is 2. The third-order valence-electron chi connectivity index (χ3n) is 7.45. The van der Waals surface area contributed by atoms with E-state index >= 15 is 0 Å². The minimum absolute atomic E-state index is 0.0715. The Morgan fingerprint density at radius 3 is 2.07 bits per heavy atom. The average Bonchev–Trinajstić information content (AvgIpc) is 3.02. The molecular formula is C35H38BrN3O4S. The Morgan fingerprint density at radius 1 is 0.841 bits per heavy atom. The first-order valence-corrected chi connectivity index (χ1v) is 16.8. The molecule has 0 bridgehead atoms. The first-order chi connectivity index (χ1) is 21.1. The van der Waals surface area contributed by atoms with E-state index in [2.05, 4.69) is 21.2 Å². The summed E-state index contributed by atoms with van der Waals surface area (Å²) in [5.74, 6) is -0.787. The molecular weight excluding hydrogens is 638 g/mol. The monoisotopic (exact) mass is 675 g/mol. The smallest absolute Gasteiger partial charge is 0.264 e. The van der Waals surface area contributed by atoms with Crippen LogP contribution in [0.2, 0.25) is 0 Å². The summed E-state index contributed by atoms with van der Waals surface area (Å²) in [5.41, 5.74) is 3.00. The van der Waals surface area contributed by atoms with E-state index in [9.17, 15) is 18.0 Å². The van der Waals surface area contributed by atoms with Crippen molar-refractivity contribution in [1.29, 1.82) is 0 Å². The van der Waals surface area contributed by atoms with E-state index < -0.39 is 28.5 Å². The van der Waals surface area contributed by atoms with Gasteiger partial charge in [0.25, 0.3) is 10.0 Å². The maximum atomic E-state index is 14.5. The van der Waals surface area contributed by atoms with Crippen LogP contribution < -0.4 is 9.62 Å². The quantitative estimate of drug-likeness (QED) is 0.175. The maximum absolute atomic E-state index is 14.5. The number of benzene rings is 4. The molecule has 230 valence electrons. The number of nitrogens with zero attached hydrogens (tertiary/aromatic N) is 2. The molecule has 4 aromatic carbocycles. The third kappa shape index (κ3) is 8.57. The Balaban J connectivity index is 1.80. The standard InChI is InChI=1S/C35H38BrN3O4S/c1-4-27(3)37-35(41)33(23-28-12-7-5-8-13-28)38(24-29-14-11-15-30(36)22-29)34(40)25-39(31-20-18-26(2)19-21-31)44(42,43)32-16-9-6-10-17-32/h5-22,27,33H,4,23-25H2,1-3H3,(H,37,41)/t27-,33+/m1/s1. The minimum atomic E-state index is -4.13. The van der Waals surface area contributed by atoms with Gasteiger partial charge in [0.15, 0.2) is 0 Å². The van der Waals surface area contributed by atoms with Crippen LogP contribution >= 0.6 is 15.9 Å². The zero-order valence-electron chi connectivity index (χ0n) is 25.2. The van der Waals surface area contributed by atoms with E-state index in [4.69, 9.17) is 0 Å². The van der Waals surface area contributed by atoms with Crippen molar-refractivity contribution in [2.24, 2.45) is 0 Å². The van der Waals surface area contributed by atoms with Crippen molar-refractivity contribution in [3.05, 3.63) is 130 Å². The minimum Gasteiger partial charge on any atom is -0.352 e. The van der Waals surface area contributed by atoms with E-state index in [1.807, 2.05) is 87.5 Å². The fourth-order valence-corrected chi connectivity index (χ4v) is 6.67. The van der Waals surface area contributed by atoms with Crippen molar-refractivity contribution in [2.75, 3.05) is 10.8 Å². The molecule has 4 rings (SSSR count). The summed E-state index contributed by atoms with van der Waals surface area (Å²) in [5, 5.41) is 3.06. The fourth-order valence-electron chi connectivity index (χ4n) is 4.79. The molecule has 2 amide bonds. The number of hydrogen-bond acceptors (Lipinski definition) is 4. The molecule has 1 N–H and O–H groups in total. The van der Waals surface area contributed by atoms with Crippen LogP contribution in [0.15, 0.2) is 119 Å². The molecule has 0 aromatic heterocycles. The Morgan fingerprint density at radius 2 is 1.45 bits per heavy atom. The second-order valence-corrected chi connectivity index (χ2v) is 13.6. The fraction of sp³-hybridized carbons (Fsp3) is 0.257. The SMILES string of the molecule is CC[C@@H](C)NC(=O)[C@H](Cc1ccccc1)N(Cc1cccc(Br)c1)C(=O)CN(c1ccc(C)cc1)S(=O)(=O)c1ccccc1. The summed E-state index contributed by atoms with van der Waals surface area (Å²) in [6.07, 6.45) is 0.985. The Hall–Kier alpha value is -3.95. The van der Waals surface area contributed by atoms with Gasteiger partial charge >= 0.3 is 0 Å². The number of halogens is 1. The van der Waals surface area contributed by atoms with Crippen molar-refractivity contribution in [3.8, 4) is 0 Å². The zero-order valence-corrected chi connectivity index (χ0v) is 27.6. The molecule has 9 heteroatoms. The van der Waals surface area contributed by atoms with E-state index in [-0.39, 0.29) is 29.8 Å². The van der Waals surface area contributed by atoms with Gasteiger partial charge in [0.2, 0.25) is 11.8 Å². The lowest BCUT2D eigenvalue weighted by atomic mass is 10.0. The molecule has 2 atom stereocenters. The van der Waals surface area contributed by atoms with Crippen molar-refractivity contribution in [2.45, 2.75) is 57.1 Å². The highest BCUT2D eigenvalue weighted by Crippen LogP contribution is 2.26. The highest BCUT2D eigenvalue weighted by atomic mass is 79.9. The van der Waals surface area contributed by atoms with Crippen LogP contribution in [0.3, 0.4) is 0 Å². The van der Waals surface area contributed by atoms with Crippen LogP contribution in [0.5, 0.6) is 0 Å². The molecule has 0 aliphatic heterocycles. The summed E-state index contributed by atoms with van der Waals surface area (Å²) < 4.78 is 30.0. The van der Waals surface area contributed by atoms with Crippen LogP contribution in [0.4, 0.5) is 5.69 Å². The number of anilines is 1. The second kappa shape index (κ2) is 15.2. The third-order valence-corrected chi connectivity index (χ3v) is 9.73. The molecule has 44 heavy (non-hydrogen) atoms. The molecule has 0 heterocycles. The van der Waals surface area contributed by atoms with Crippen molar-refractivity contribution < 1.29 is 18.0 Å². The van der Waals surface area contributed by atoms with Gasteiger partial charge < -0.3 is 10.2 Å². The lowest BCUT2D eigenvalue weighted by Crippen LogP contribution is -2.54. The number of aryl methyl sites for hydroxylation is 1. The molecule has 4 aromatic rings. The first-order valence-electron chi connectivity index (χ1n) is 14.6. The summed E-state index contributed by atoms with van der Waals surface area (Å²) in [7, 11) is -4.13. The average molecular weight is 677 g/mol. The van der Waals surface area contributed by atoms with Crippen LogP contribution in [-0.2, 0) is 32.6 Å². The number of rotatable bonds is 13. The maximum Gasteiger partial charge on any atom is 0.264 e. The molecule has 0 saturated heterocycles. The highest BCUT2D eigenvalue weighted by molar-refractivity contribution is 9.10. The van der Waals surface area contributed by atoms with Crippen molar-refractivity contribution in [1.82, 2.24) is 10.2 Å². The van der Waals surface area contributed by atoms with Gasteiger partial charge in [-0.15, -0.1) is 0 Å². The summed E-state index contributed by atoms with van der Waals surface area (Å²) >= 11 is 3.51. The summed E-state index contributed by atoms with van der Waals surface area (Å²) in [4.78, 5) is 29.9. The topological polar surface area (TPSA) is 86.8 Å². The molecule has 0 aliphatic carbocycles. The summed E-state index contributed by atoms with van der Waals surface area (Å²) in [6, 6.07) is 31.1. The van der Waals surface area contributed by atoms with E-state index in [0.717, 1.165) is 31.9 Å². The van der Waals surface area contributed by atoms with Gasteiger partial charge in [-0.05, 0) is 67.8 Å². The predicted octanol–water partition coefficient (Wildman–Crippen LogP) is 6.51. The summed E-state index contributed by atoms with van der Waals surface area (Å²) in [6.45, 7) is 5.43. The van der Waals surface area contributed by atoms with Crippen LogP contribution in [-0.4, -0.2) is 43.8 Å². The molecule has 0 saturated carbocycles. The van der Waals surface area contributed by atoms with E-state index in [0.29, 0.717) is 5.69 Å². The predicted molar refractivity (Wildman–Crippen MR) is 179 cm³/mol. The first kappa shape index (κ1) is 33.0.